The highest BCUT2D eigenvalue weighted by atomic mass is 16.1. The van der Waals surface area contributed by atoms with Crippen LogP contribution in [0.5, 0.6) is 0 Å². The summed E-state index contributed by atoms with van der Waals surface area (Å²) < 4.78 is 0. The second kappa shape index (κ2) is 7.09. The van der Waals surface area contributed by atoms with Crippen LogP contribution >= 0.6 is 0 Å². The van der Waals surface area contributed by atoms with Crippen molar-refractivity contribution in [2.24, 2.45) is 0 Å². The second-order valence-electron chi connectivity index (χ2n) is 5.67. The molecule has 0 aliphatic carbocycles. The van der Waals surface area contributed by atoms with E-state index in [2.05, 4.69) is 21.4 Å². The van der Waals surface area contributed by atoms with Gasteiger partial charge < -0.3 is 11.1 Å². The van der Waals surface area contributed by atoms with Crippen molar-refractivity contribution in [3.8, 4) is 0 Å². The first-order valence-corrected chi connectivity index (χ1v) is 7.99. The molecule has 0 bridgehead atoms. The summed E-state index contributed by atoms with van der Waals surface area (Å²) in [5.41, 5.74) is 8.82. The molecule has 0 saturated carbocycles. The predicted octanol–water partition coefficient (Wildman–Crippen LogP) is 3.63. The lowest BCUT2D eigenvalue weighted by molar-refractivity contribution is 0.112. The number of aromatic nitrogens is 3. The van der Waals surface area contributed by atoms with E-state index in [4.69, 9.17) is 10.7 Å². The first-order chi connectivity index (χ1) is 12.1. The van der Waals surface area contributed by atoms with Crippen molar-refractivity contribution in [1.29, 1.82) is 0 Å². The lowest BCUT2D eigenvalue weighted by Crippen LogP contribution is -2.13. The van der Waals surface area contributed by atoms with Crippen LogP contribution in [0.2, 0.25) is 0 Å². The Balaban J connectivity index is 2.04. The molecular weight excluding hydrogens is 314 g/mol. The van der Waals surface area contributed by atoms with Gasteiger partial charge in [-0.15, -0.1) is 0 Å². The van der Waals surface area contributed by atoms with Gasteiger partial charge in [0.15, 0.2) is 6.29 Å². The Hall–Kier alpha value is -3.28. The fraction of sp³-hybridized carbons (Fsp3) is 0.158. The van der Waals surface area contributed by atoms with Gasteiger partial charge in [-0.3, -0.25) is 4.79 Å². The molecule has 1 atom stereocenters. The number of hydrogen-bond acceptors (Lipinski definition) is 6. The van der Waals surface area contributed by atoms with Gasteiger partial charge in [-0.2, -0.15) is 4.98 Å². The zero-order valence-corrected chi connectivity index (χ0v) is 14.1. The Kier molecular flexibility index (Phi) is 4.70. The molecule has 0 aliphatic rings. The minimum absolute atomic E-state index is 0.116. The summed E-state index contributed by atoms with van der Waals surface area (Å²) in [6.45, 7) is 3.94. The smallest absolute Gasteiger partial charge is 0.221 e. The first kappa shape index (κ1) is 16.6. The summed E-state index contributed by atoms with van der Waals surface area (Å²) in [6, 6.07) is 9.93. The summed E-state index contributed by atoms with van der Waals surface area (Å²) in [7, 11) is 0. The molecule has 1 unspecified atom stereocenters. The zero-order chi connectivity index (χ0) is 17.8. The highest BCUT2D eigenvalue weighted by Gasteiger charge is 2.15. The van der Waals surface area contributed by atoms with Crippen molar-refractivity contribution >= 4 is 35.0 Å². The lowest BCUT2D eigenvalue weighted by atomic mass is 10.0. The van der Waals surface area contributed by atoms with E-state index < -0.39 is 0 Å². The second-order valence-corrected chi connectivity index (χ2v) is 5.67. The fourth-order valence-electron chi connectivity index (χ4n) is 2.67. The van der Waals surface area contributed by atoms with Crippen LogP contribution in [0, 0.1) is 0 Å². The van der Waals surface area contributed by atoms with Crippen LogP contribution in [-0.4, -0.2) is 21.2 Å². The van der Waals surface area contributed by atoms with Crippen molar-refractivity contribution < 1.29 is 4.79 Å². The topological polar surface area (TPSA) is 93.8 Å². The maximum Gasteiger partial charge on any atom is 0.221 e. The van der Waals surface area contributed by atoms with Crippen LogP contribution in [-0.2, 0) is 0 Å². The first-order valence-electron chi connectivity index (χ1n) is 7.99. The molecule has 0 fully saturated rings. The summed E-state index contributed by atoms with van der Waals surface area (Å²) in [6.07, 6.45) is 6.04. The Labute approximate surface area is 145 Å². The molecule has 0 spiro atoms. The zero-order valence-electron chi connectivity index (χ0n) is 14.1. The summed E-state index contributed by atoms with van der Waals surface area (Å²) in [5.74, 6) is 0.528. The van der Waals surface area contributed by atoms with Gasteiger partial charge >= 0.3 is 0 Å². The normalized spacial score (nSPS) is 12.4. The van der Waals surface area contributed by atoms with Crippen molar-refractivity contribution in [2.45, 2.75) is 19.9 Å². The number of nitrogen functional groups attached to an aromatic ring is 1. The minimum Gasteiger partial charge on any atom is -0.368 e. The van der Waals surface area contributed by atoms with E-state index in [0.717, 1.165) is 22.2 Å². The van der Waals surface area contributed by atoms with Crippen LogP contribution in [0.25, 0.3) is 17.0 Å². The standard InChI is InChI=1S/C19H19N5O/c1-3-6-17-15(9-13-7-4-5-8-16(13)23-17)12(2)22-18-14(11-25)10-21-19(20)24-18/h3-12H,1-2H3,(H3,20,21,22,24)/b6-3+. The summed E-state index contributed by atoms with van der Waals surface area (Å²) in [4.78, 5) is 23.9. The van der Waals surface area contributed by atoms with Crippen molar-refractivity contribution in [3.63, 3.8) is 0 Å². The molecule has 6 nitrogen and oxygen atoms in total. The number of benzene rings is 1. The number of fused-ring (bicyclic) bond motifs is 1. The third-order valence-electron chi connectivity index (χ3n) is 3.89. The number of para-hydroxylation sites is 1. The van der Waals surface area contributed by atoms with Gasteiger partial charge in [-0.05, 0) is 32.1 Å². The minimum atomic E-state index is -0.128. The van der Waals surface area contributed by atoms with Crippen LogP contribution in [0.4, 0.5) is 11.8 Å². The molecule has 0 amide bonds. The molecule has 0 aliphatic heterocycles. The van der Waals surface area contributed by atoms with Gasteiger partial charge in [0.2, 0.25) is 5.95 Å². The van der Waals surface area contributed by atoms with Gasteiger partial charge in [0.1, 0.15) is 5.82 Å². The monoisotopic (exact) mass is 333 g/mol. The average Bonchev–Trinajstić information content (AvgIpc) is 2.61. The number of anilines is 2. The van der Waals surface area contributed by atoms with E-state index in [-0.39, 0.29) is 12.0 Å². The molecule has 25 heavy (non-hydrogen) atoms. The van der Waals surface area contributed by atoms with Crippen molar-refractivity contribution in [3.05, 3.63) is 59.4 Å². The number of allylic oxidation sites excluding steroid dienone is 1. The van der Waals surface area contributed by atoms with Crippen LogP contribution < -0.4 is 11.1 Å². The quantitative estimate of drug-likeness (QED) is 0.693. The number of nitrogens with one attached hydrogen (secondary N) is 1. The highest BCUT2D eigenvalue weighted by molar-refractivity contribution is 5.83. The number of carbonyl (C=O) groups is 1. The van der Waals surface area contributed by atoms with Crippen LogP contribution in [0.15, 0.2) is 42.6 Å². The van der Waals surface area contributed by atoms with Gasteiger partial charge in [-0.25, -0.2) is 9.97 Å². The Bertz CT molecular complexity index is 952. The number of pyridine rings is 1. The van der Waals surface area contributed by atoms with E-state index in [1.54, 1.807) is 0 Å². The predicted molar refractivity (Wildman–Crippen MR) is 100 cm³/mol. The SMILES string of the molecule is C/C=C/c1nc2ccccc2cc1C(C)Nc1nc(N)ncc1C=O. The maximum absolute atomic E-state index is 11.2. The Morgan fingerprint density at radius 3 is 2.80 bits per heavy atom. The van der Waals surface area contributed by atoms with Crippen molar-refractivity contribution in [1.82, 2.24) is 15.0 Å². The molecule has 6 heteroatoms. The van der Waals surface area contributed by atoms with Crippen molar-refractivity contribution in [2.75, 3.05) is 11.1 Å². The molecular formula is C19H19N5O. The van der Waals surface area contributed by atoms with E-state index in [1.807, 2.05) is 50.3 Å². The lowest BCUT2D eigenvalue weighted by Gasteiger charge is -2.18. The number of nitrogens with zero attached hydrogens (tertiary/aromatic N) is 3. The summed E-state index contributed by atoms with van der Waals surface area (Å²) in [5, 5.41) is 4.30. The Morgan fingerprint density at radius 2 is 2.04 bits per heavy atom. The number of nitrogens with two attached hydrogens (primary N) is 1. The molecule has 2 heterocycles. The molecule has 3 rings (SSSR count). The van der Waals surface area contributed by atoms with Gasteiger partial charge in [0.05, 0.1) is 22.8 Å². The van der Waals surface area contributed by atoms with Gasteiger partial charge in [-0.1, -0.05) is 24.3 Å². The summed E-state index contributed by atoms with van der Waals surface area (Å²) >= 11 is 0. The average molecular weight is 333 g/mol. The molecule has 1 aromatic carbocycles. The van der Waals surface area contributed by atoms with E-state index in [0.29, 0.717) is 17.7 Å². The maximum atomic E-state index is 11.2. The third kappa shape index (κ3) is 3.47. The third-order valence-corrected chi connectivity index (χ3v) is 3.89. The number of aldehydes is 1. The molecule has 126 valence electrons. The van der Waals surface area contributed by atoms with Crippen LogP contribution in [0.3, 0.4) is 0 Å². The number of carbonyl (C=O) groups excluding carboxylic acids is 1. The number of hydrogen-bond donors (Lipinski definition) is 2. The largest absolute Gasteiger partial charge is 0.368 e. The van der Waals surface area contributed by atoms with E-state index in [1.165, 1.54) is 6.20 Å². The number of rotatable bonds is 5. The van der Waals surface area contributed by atoms with Gasteiger partial charge in [0, 0.05) is 17.1 Å². The highest BCUT2D eigenvalue weighted by Crippen LogP contribution is 2.26. The van der Waals surface area contributed by atoms with Crippen LogP contribution in [0.1, 0.15) is 41.5 Å². The molecule has 3 aromatic rings. The Morgan fingerprint density at radius 1 is 1.24 bits per heavy atom. The van der Waals surface area contributed by atoms with E-state index in [9.17, 15) is 4.79 Å². The van der Waals surface area contributed by atoms with E-state index >= 15 is 0 Å². The molecule has 3 N–H and O–H groups in total. The molecule has 0 saturated heterocycles. The fourth-order valence-corrected chi connectivity index (χ4v) is 2.67. The molecule has 2 aromatic heterocycles. The van der Waals surface area contributed by atoms with Gasteiger partial charge in [0.25, 0.3) is 0 Å². The molecule has 0 radical (unpaired) electrons.